The first-order valence-corrected chi connectivity index (χ1v) is 15.9. The molecule has 2 atom stereocenters. The normalized spacial score (nSPS) is 22.0. The van der Waals surface area contributed by atoms with Gasteiger partial charge in [-0.3, -0.25) is 0 Å². The molecule has 2 aromatic heterocycles. The first-order chi connectivity index (χ1) is 21.0. The van der Waals surface area contributed by atoms with Gasteiger partial charge in [-0.2, -0.15) is 4.98 Å². The molecule has 0 saturated carbocycles. The number of piperidine rings is 2. The van der Waals surface area contributed by atoms with E-state index in [2.05, 4.69) is 51.8 Å². The summed E-state index contributed by atoms with van der Waals surface area (Å²) in [4.78, 5) is 12.9. The molecule has 5 heterocycles. The Balaban J connectivity index is 1.27. The van der Waals surface area contributed by atoms with Crippen LogP contribution in [0.3, 0.4) is 0 Å². The Bertz CT molecular complexity index is 1630. The first-order valence-electron chi connectivity index (χ1n) is 15.9. The molecule has 43 heavy (non-hydrogen) atoms. The van der Waals surface area contributed by atoms with Crippen LogP contribution in [-0.2, 0) is 6.42 Å². The zero-order valence-corrected chi connectivity index (χ0v) is 25.0. The van der Waals surface area contributed by atoms with E-state index in [0.717, 1.165) is 90.7 Å². The van der Waals surface area contributed by atoms with Crippen LogP contribution in [-0.4, -0.2) is 59.4 Å². The Hall–Kier alpha value is -3.66. The average Bonchev–Trinajstić information content (AvgIpc) is 3.58. The van der Waals surface area contributed by atoms with E-state index in [1.807, 2.05) is 12.1 Å². The van der Waals surface area contributed by atoms with Crippen LogP contribution in [0.25, 0.3) is 10.9 Å². The molecule has 8 nitrogen and oxygen atoms in total. The molecule has 9 heteroatoms. The first kappa shape index (κ1) is 28.1. The molecule has 0 radical (unpaired) electrons. The summed E-state index contributed by atoms with van der Waals surface area (Å²) in [6.45, 7) is 7.49. The Labute approximate surface area is 252 Å². The second-order valence-corrected chi connectivity index (χ2v) is 12.8. The number of anilines is 1. The van der Waals surface area contributed by atoms with Gasteiger partial charge in [0.15, 0.2) is 0 Å². The van der Waals surface area contributed by atoms with Crippen LogP contribution in [0.2, 0.25) is 0 Å². The maximum absolute atomic E-state index is 14.4. The number of nitrogen functional groups attached to an aromatic ring is 1. The zero-order chi connectivity index (χ0) is 29.4. The molecule has 4 aromatic rings. The van der Waals surface area contributed by atoms with Crippen LogP contribution < -0.4 is 21.0 Å². The van der Waals surface area contributed by atoms with E-state index in [0.29, 0.717) is 34.4 Å². The lowest BCUT2D eigenvalue weighted by Crippen LogP contribution is -2.57. The van der Waals surface area contributed by atoms with Crippen LogP contribution in [0.5, 0.6) is 0 Å². The number of hydrogen-bond acceptors (Lipinski definition) is 6. The molecular weight excluding hydrogens is 539 g/mol. The summed E-state index contributed by atoms with van der Waals surface area (Å²) < 4.78 is 14.9. The van der Waals surface area contributed by atoms with Gasteiger partial charge in [0.25, 0.3) is 5.82 Å². The number of nitrogens with one attached hydrogen (secondary N) is 3. The highest BCUT2D eigenvalue weighted by molar-refractivity contribution is 6.20. The minimum absolute atomic E-state index is 0.185. The molecule has 0 bridgehead atoms. The quantitative estimate of drug-likeness (QED) is 0.216. The second-order valence-electron chi connectivity index (χ2n) is 12.8. The molecule has 2 aromatic carbocycles. The molecule has 0 spiro atoms. The number of fused-ring (bicyclic) bond motifs is 2. The number of nitrogens with zero attached hydrogens (tertiary/aromatic N) is 4. The number of nitrogens with two attached hydrogens (primary N) is 1. The monoisotopic (exact) mass is 581 g/mol. The van der Waals surface area contributed by atoms with Crippen LogP contribution in [0.1, 0.15) is 61.4 Å². The van der Waals surface area contributed by atoms with Crippen LogP contribution in [0.4, 0.5) is 16.0 Å². The van der Waals surface area contributed by atoms with Crippen molar-refractivity contribution in [2.24, 2.45) is 16.9 Å². The number of benzene rings is 2. The molecule has 0 aliphatic carbocycles. The number of quaternary nitrogens is 1. The Morgan fingerprint density at radius 1 is 0.977 bits per heavy atom. The van der Waals surface area contributed by atoms with Crippen molar-refractivity contribution < 1.29 is 4.39 Å². The number of H-pyrrole nitrogens is 1. The van der Waals surface area contributed by atoms with Gasteiger partial charge in [0.2, 0.25) is 0 Å². The zero-order valence-electron chi connectivity index (χ0n) is 25.0. The number of aromatic nitrogens is 3. The topological polar surface area (TPSA) is 104 Å². The van der Waals surface area contributed by atoms with Crippen LogP contribution in [0.15, 0.2) is 60.0 Å². The number of aromatic amines is 1. The van der Waals surface area contributed by atoms with Gasteiger partial charge in [-0.15, -0.1) is 4.59 Å². The van der Waals surface area contributed by atoms with Crippen molar-refractivity contribution in [3.8, 4) is 0 Å². The fourth-order valence-corrected chi connectivity index (χ4v) is 7.67. The predicted molar refractivity (Wildman–Crippen MR) is 172 cm³/mol. The van der Waals surface area contributed by atoms with Crippen LogP contribution >= 0.6 is 0 Å². The molecule has 224 valence electrons. The molecule has 5 N–H and O–H groups in total. The maximum Gasteiger partial charge on any atom is 0.269 e. The average molecular weight is 582 g/mol. The van der Waals surface area contributed by atoms with Gasteiger partial charge in [-0.25, -0.2) is 9.37 Å². The molecule has 7 rings (SSSR count). The van der Waals surface area contributed by atoms with E-state index >= 15 is 0 Å². The largest absolute Gasteiger partial charge is 0.383 e. The number of hydrogen-bond donors (Lipinski definition) is 4. The lowest BCUT2D eigenvalue weighted by Gasteiger charge is -2.40. The third kappa shape index (κ3) is 5.46. The lowest BCUT2D eigenvalue weighted by atomic mass is 9.87. The standard InChI is InChI=1S/C34H42FN8/c1-22(16-23-8-12-37-13-9-23)20-43(28-10-14-38-15-11-28)34-31(33(36)39-21-40-34)32(42-43)25-6-7-30-26(17-25)19-27(41-30)18-24-4-2-3-5-29(24)35/h2-7,17,19,21-23,28,37-38,41H,8-16,18,20H2,1H3,(H2,36,39,40)/q+1/t22?,43-/m1/s1. The van der Waals surface area contributed by atoms with Gasteiger partial charge in [0.05, 0.1) is 0 Å². The summed E-state index contributed by atoms with van der Waals surface area (Å²) in [6.07, 6.45) is 7.88. The van der Waals surface area contributed by atoms with E-state index in [4.69, 9.17) is 15.8 Å². The van der Waals surface area contributed by atoms with Crippen molar-refractivity contribution >= 4 is 28.3 Å². The van der Waals surface area contributed by atoms with Gasteiger partial charge < -0.3 is 21.4 Å². The summed E-state index contributed by atoms with van der Waals surface area (Å²) in [5, 5.41) is 13.8. The molecule has 2 saturated heterocycles. The second kappa shape index (κ2) is 11.8. The van der Waals surface area contributed by atoms with Crippen molar-refractivity contribution in [1.82, 2.24) is 30.2 Å². The minimum Gasteiger partial charge on any atom is -0.383 e. The smallest absolute Gasteiger partial charge is 0.269 e. The van der Waals surface area contributed by atoms with Gasteiger partial charge in [-0.1, -0.05) is 36.3 Å². The summed E-state index contributed by atoms with van der Waals surface area (Å²) in [5.74, 6) is 2.48. The molecule has 2 fully saturated rings. The molecule has 3 aliphatic rings. The van der Waals surface area contributed by atoms with Crippen molar-refractivity contribution in [3.05, 3.63) is 83.1 Å². The SMILES string of the molecule is CC(CC1CCNCC1)C[N@+]1(C2CCNCC2)N=C(c2ccc3[nH]c(Cc4ccccc4F)cc3c2)c2c(N)ncnc21. The Morgan fingerprint density at radius 3 is 2.53 bits per heavy atom. The molecule has 0 amide bonds. The van der Waals surface area contributed by atoms with Crippen LogP contribution in [0, 0.1) is 17.7 Å². The summed E-state index contributed by atoms with van der Waals surface area (Å²) in [6, 6.07) is 15.8. The van der Waals surface area contributed by atoms with Crippen molar-refractivity contribution in [2.45, 2.75) is 51.5 Å². The highest BCUT2D eigenvalue weighted by atomic mass is 19.1. The molecule has 3 aliphatic heterocycles. The Morgan fingerprint density at radius 2 is 1.74 bits per heavy atom. The molecular formula is C34H42FN8+. The predicted octanol–water partition coefficient (Wildman–Crippen LogP) is 5.12. The third-order valence-electron chi connectivity index (χ3n) is 9.72. The van der Waals surface area contributed by atoms with Gasteiger partial charge in [0.1, 0.15) is 41.8 Å². The van der Waals surface area contributed by atoms with E-state index in [1.165, 1.54) is 25.3 Å². The van der Waals surface area contributed by atoms with E-state index in [-0.39, 0.29) is 5.82 Å². The van der Waals surface area contributed by atoms with E-state index in [1.54, 1.807) is 12.4 Å². The lowest BCUT2D eigenvalue weighted by molar-refractivity contribution is 0.139. The van der Waals surface area contributed by atoms with Gasteiger partial charge >= 0.3 is 0 Å². The third-order valence-corrected chi connectivity index (χ3v) is 9.72. The highest BCUT2D eigenvalue weighted by Crippen LogP contribution is 2.43. The summed E-state index contributed by atoms with van der Waals surface area (Å²) in [7, 11) is 0. The minimum atomic E-state index is -0.185. The maximum atomic E-state index is 14.4. The fraction of sp³-hybridized carbons (Fsp3) is 0.441. The Kier molecular flexibility index (Phi) is 7.71. The number of halogens is 1. The molecule has 1 unspecified atom stereocenters. The van der Waals surface area contributed by atoms with Gasteiger partial charge in [0, 0.05) is 60.4 Å². The summed E-state index contributed by atoms with van der Waals surface area (Å²) in [5.41, 5.74) is 12.1. The van der Waals surface area contributed by atoms with E-state index in [9.17, 15) is 4.39 Å². The summed E-state index contributed by atoms with van der Waals surface area (Å²) >= 11 is 0. The number of rotatable bonds is 8. The van der Waals surface area contributed by atoms with Crippen molar-refractivity contribution in [1.29, 1.82) is 0 Å². The van der Waals surface area contributed by atoms with Gasteiger partial charge in [-0.05, 0) is 68.1 Å². The fourth-order valence-electron chi connectivity index (χ4n) is 7.67. The van der Waals surface area contributed by atoms with Crippen molar-refractivity contribution in [2.75, 3.05) is 38.5 Å². The highest BCUT2D eigenvalue weighted by Gasteiger charge is 2.51. The van der Waals surface area contributed by atoms with Crippen molar-refractivity contribution in [3.63, 3.8) is 0 Å². The van der Waals surface area contributed by atoms with E-state index < -0.39 is 0 Å².